The van der Waals surface area contributed by atoms with Crippen LogP contribution >= 0.6 is 0 Å². The van der Waals surface area contributed by atoms with Gasteiger partial charge in [-0.2, -0.15) is 4.52 Å². The van der Waals surface area contributed by atoms with Crippen LogP contribution in [0.15, 0.2) is 18.2 Å². The summed E-state index contributed by atoms with van der Waals surface area (Å²) in [6.07, 6.45) is 2.49. The number of anilines is 1. The van der Waals surface area contributed by atoms with Crippen molar-refractivity contribution in [1.29, 1.82) is 5.41 Å². The highest BCUT2D eigenvalue weighted by Gasteiger charge is 2.27. The third kappa shape index (κ3) is 8.65. The van der Waals surface area contributed by atoms with Crippen LogP contribution in [0.3, 0.4) is 0 Å². The summed E-state index contributed by atoms with van der Waals surface area (Å²) in [6, 6.07) is 5.71. The number of aryl methyl sites for hydroxylation is 1. The van der Waals surface area contributed by atoms with Crippen LogP contribution in [0.25, 0.3) is 5.65 Å². The van der Waals surface area contributed by atoms with Gasteiger partial charge >= 0.3 is 5.97 Å². The first-order valence-corrected chi connectivity index (χ1v) is 16.1. The highest BCUT2D eigenvalue weighted by Crippen LogP contribution is 2.40. The van der Waals surface area contributed by atoms with E-state index < -0.39 is 11.4 Å². The van der Waals surface area contributed by atoms with Crippen molar-refractivity contribution >= 4 is 23.1 Å². The number of rotatable bonds is 10. The van der Waals surface area contributed by atoms with Crippen molar-refractivity contribution in [3.63, 3.8) is 0 Å². The smallest absolute Gasteiger partial charge is 0.308 e. The minimum atomic E-state index is -0.757. The first kappa shape index (κ1) is 36.5. The average molecular weight is 641 g/mol. The second-order valence-electron chi connectivity index (χ2n) is 13.5. The summed E-state index contributed by atoms with van der Waals surface area (Å²) in [7, 11) is 1.68. The number of aromatic nitrogens is 4. The van der Waals surface area contributed by atoms with Gasteiger partial charge in [-0.3, -0.25) is 15.0 Å². The molecule has 0 unspecified atom stereocenters. The predicted molar refractivity (Wildman–Crippen MR) is 177 cm³/mol. The number of benzene rings is 1. The largest absolute Gasteiger partial charge is 0.494 e. The van der Waals surface area contributed by atoms with Crippen molar-refractivity contribution in [2.24, 2.45) is 5.41 Å². The molecule has 2 N–H and O–H groups in total. The summed E-state index contributed by atoms with van der Waals surface area (Å²) >= 11 is 0. The molecule has 2 aromatic heterocycles. The number of fused-ring (bicyclic) bond motifs is 1. The zero-order valence-corrected chi connectivity index (χ0v) is 29.2. The number of Topliss-reactive ketones (excluding diaryl/α,β-unsaturated/α-hetero) is 1. The number of hydrogen-bond acceptors (Lipinski definition) is 9. The maximum absolute atomic E-state index is 13.7. The molecule has 4 rings (SSSR count). The number of morpholine rings is 1. The zero-order chi connectivity index (χ0) is 34.4. The standard InChI is InChI=1S/C29H42N6O4.C5H10O2/c1-8-19-17-25(39-21(9-2)10-3)31-35-27(19)32-34(28(35)30)18-24(36)20-15-22(29(4,5)6)26(37-7)23(16-20)33-11-13-38-14-12-33;1-5(2,3)4(6)7/h15-17,21,30H,8-14,18H2,1-7H3;1-3H3,(H,6,7). The van der Waals surface area contributed by atoms with E-state index in [-0.39, 0.29) is 29.5 Å². The molecule has 1 aromatic carbocycles. The number of nitrogens with zero attached hydrogens (tertiary/aromatic N) is 5. The summed E-state index contributed by atoms with van der Waals surface area (Å²) in [4.78, 5) is 25.9. The molecule has 0 radical (unpaired) electrons. The normalized spacial score (nSPS) is 13.8. The molecule has 3 heterocycles. The first-order chi connectivity index (χ1) is 21.5. The van der Waals surface area contributed by atoms with Crippen molar-refractivity contribution in [2.75, 3.05) is 38.3 Å². The van der Waals surface area contributed by atoms with E-state index in [1.54, 1.807) is 27.9 Å². The van der Waals surface area contributed by atoms with Crippen molar-refractivity contribution in [1.82, 2.24) is 19.4 Å². The van der Waals surface area contributed by atoms with Gasteiger partial charge in [0.2, 0.25) is 11.5 Å². The lowest BCUT2D eigenvalue weighted by Crippen LogP contribution is -2.37. The predicted octanol–water partition coefficient (Wildman–Crippen LogP) is 5.28. The van der Waals surface area contributed by atoms with E-state index in [1.165, 1.54) is 9.20 Å². The highest BCUT2D eigenvalue weighted by molar-refractivity contribution is 5.97. The summed E-state index contributed by atoms with van der Waals surface area (Å²) < 4.78 is 20.4. The zero-order valence-electron chi connectivity index (χ0n) is 29.2. The third-order valence-electron chi connectivity index (χ3n) is 7.91. The molecule has 0 atom stereocenters. The van der Waals surface area contributed by atoms with Gasteiger partial charge in [0.15, 0.2) is 11.4 Å². The van der Waals surface area contributed by atoms with Gasteiger partial charge in [-0.15, -0.1) is 10.2 Å². The van der Waals surface area contributed by atoms with Gasteiger partial charge in [-0.05, 0) is 57.6 Å². The molecule has 12 nitrogen and oxygen atoms in total. The number of carboxylic acids is 1. The Morgan fingerprint density at radius 2 is 1.63 bits per heavy atom. The molecular formula is C34H52N6O6. The summed E-state index contributed by atoms with van der Waals surface area (Å²) in [5, 5.41) is 26.2. The van der Waals surface area contributed by atoms with Gasteiger partial charge in [-0.25, -0.2) is 4.68 Å². The fraction of sp³-hybridized carbons (Fsp3) is 0.618. The SMILES string of the molecule is CC(C)(C)C(=O)O.CCc1cc(OC(CC)CC)nn2c(=N)n(CC(=O)c3cc(N4CCOCC4)c(OC)c(C(C)(C)C)c3)nc12. The fourth-order valence-corrected chi connectivity index (χ4v) is 4.92. The summed E-state index contributed by atoms with van der Waals surface area (Å²) in [6.45, 7) is 20.1. The molecule has 46 heavy (non-hydrogen) atoms. The maximum atomic E-state index is 13.7. The van der Waals surface area contributed by atoms with E-state index in [9.17, 15) is 9.59 Å². The van der Waals surface area contributed by atoms with E-state index >= 15 is 0 Å². The molecule has 0 bridgehead atoms. The molecule has 0 aliphatic carbocycles. The quantitative estimate of drug-likeness (QED) is 0.283. The Labute approximate surface area is 272 Å². The van der Waals surface area contributed by atoms with Gasteiger partial charge < -0.3 is 24.2 Å². The van der Waals surface area contributed by atoms with Crippen LogP contribution < -0.4 is 20.0 Å². The topological polar surface area (TPSA) is 144 Å². The summed E-state index contributed by atoms with van der Waals surface area (Å²) in [5.74, 6) is 0.362. The Balaban J connectivity index is 0.000000738. The van der Waals surface area contributed by atoms with E-state index in [1.807, 2.05) is 25.1 Å². The molecule has 1 aliphatic rings. The number of carboxylic acid groups (broad SMARTS) is 1. The Hall–Kier alpha value is -3.93. The van der Waals surface area contributed by atoms with E-state index in [4.69, 9.17) is 24.7 Å². The number of ketones is 1. The number of nitrogens with one attached hydrogen (secondary N) is 1. The van der Waals surface area contributed by atoms with Crippen molar-refractivity contribution in [3.8, 4) is 11.6 Å². The van der Waals surface area contributed by atoms with E-state index in [2.05, 4.69) is 49.7 Å². The lowest BCUT2D eigenvalue weighted by atomic mass is 9.84. The van der Waals surface area contributed by atoms with Crippen LogP contribution in [0.2, 0.25) is 0 Å². The van der Waals surface area contributed by atoms with Crippen LogP contribution in [0.5, 0.6) is 11.6 Å². The molecule has 1 fully saturated rings. The summed E-state index contributed by atoms with van der Waals surface area (Å²) in [5.41, 5.74) is 3.09. The molecule has 3 aromatic rings. The number of aliphatic carboxylic acids is 1. The lowest BCUT2D eigenvalue weighted by Gasteiger charge is -2.33. The number of carbonyl (C=O) groups is 2. The van der Waals surface area contributed by atoms with Crippen molar-refractivity contribution in [3.05, 3.63) is 40.5 Å². The van der Waals surface area contributed by atoms with Gasteiger partial charge in [0, 0.05) is 35.8 Å². The number of methoxy groups -OCH3 is 1. The molecule has 12 heteroatoms. The monoisotopic (exact) mass is 640 g/mol. The molecule has 254 valence electrons. The Bertz CT molecular complexity index is 1570. The molecule has 1 aliphatic heterocycles. The highest BCUT2D eigenvalue weighted by atomic mass is 16.5. The van der Waals surface area contributed by atoms with Crippen molar-refractivity contribution in [2.45, 2.75) is 99.6 Å². The Morgan fingerprint density at radius 1 is 1.02 bits per heavy atom. The molecule has 0 spiro atoms. The van der Waals surface area contributed by atoms with Crippen LogP contribution in [0.4, 0.5) is 5.69 Å². The molecule has 0 amide bonds. The second-order valence-corrected chi connectivity index (χ2v) is 13.5. The van der Waals surface area contributed by atoms with Gasteiger partial charge in [0.05, 0.1) is 37.5 Å². The van der Waals surface area contributed by atoms with E-state index in [0.29, 0.717) is 36.7 Å². The lowest BCUT2D eigenvalue weighted by molar-refractivity contribution is -0.145. The van der Waals surface area contributed by atoms with Crippen LogP contribution in [0, 0.1) is 10.8 Å². The third-order valence-corrected chi connectivity index (χ3v) is 7.91. The minimum Gasteiger partial charge on any atom is -0.494 e. The van der Waals surface area contributed by atoms with Crippen molar-refractivity contribution < 1.29 is 28.9 Å². The molecule has 1 saturated heterocycles. The second kappa shape index (κ2) is 15.1. The molecule has 0 saturated carbocycles. The van der Waals surface area contributed by atoms with Gasteiger partial charge in [0.1, 0.15) is 12.3 Å². The van der Waals surface area contributed by atoms with E-state index in [0.717, 1.165) is 48.5 Å². The number of carbonyl (C=O) groups excluding carboxylic acids is 1. The van der Waals surface area contributed by atoms with Crippen LogP contribution in [-0.2, 0) is 27.9 Å². The van der Waals surface area contributed by atoms with Gasteiger partial charge in [-0.1, -0.05) is 41.5 Å². The molecular weight excluding hydrogens is 588 g/mol. The Kier molecular flexibility index (Phi) is 12.0. The average Bonchev–Trinajstić information content (AvgIpc) is 3.32. The van der Waals surface area contributed by atoms with Crippen LogP contribution in [-0.4, -0.2) is 75.8 Å². The minimum absolute atomic E-state index is 0.0287. The maximum Gasteiger partial charge on any atom is 0.308 e. The first-order valence-electron chi connectivity index (χ1n) is 16.1. The Morgan fingerprint density at radius 3 is 2.13 bits per heavy atom. The number of hydrogen-bond donors (Lipinski definition) is 2. The number of ether oxygens (including phenoxy) is 3. The van der Waals surface area contributed by atoms with Gasteiger partial charge in [0.25, 0.3) is 0 Å². The fourth-order valence-electron chi connectivity index (χ4n) is 4.92. The van der Waals surface area contributed by atoms with Crippen LogP contribution in [0.1, 0.15) is 96.6 Å².